The molecule has 1 nitrogen and oxygen atoms in total. The Morgan fingerprint density at radius 3 is 2.92 bits per heavy atom. The van der Waals surface area contributed by atoms with Crippen molar-refractivity contribution >= 4 is 23.7 Å². The predicted octanol–water partition coefficient (Wildman–Crippen LogP) is 2.59. The topological polar surface area (TPSA) is 3.24 Å². The van der Waals surface area contributed by atoms with Crippen molar-refractivity contribution < 1.29 is 0 Å². The van der Waals surface area contributed by atoms with Gasteiger partial charge in [-0.15, -0.1) is 23.7 Å². The monoisotopic (exact) mass is 217 g/mol. The van der Waals surface area contributed by atoms with Gasteiger partial charge in [0.2, 0.25) is 0 Å². The first-order valence-corrected chi connectivity index (χ1v) is 5.55. The number of rotatable bonds is 1. The number of likely N-dealkylation sites (N-methyl/N-ethyl adjacent to an activating group) is 1. The molecule has 0 unspecified atom stereocenters. The van der Waals surface area contributed by atoms with E-state index >= 15 is 0 Å². The summed E-state index contributed by atoms with van der Waals surface area (Å²) < 4.78 is 0. The number of fused-ring (bicyclic) bond motifs is 1. The zero-order valence-corrected chi connectivity index (χ0v) is 9.59. The largest absolute Gasteiger partial charge is 0.303 e. The molecule has 0 bridgehead atoms. The fourth-order valence-electron chi connectivity index (χ4n) is 1.78. The van der Waals surface area contributed by atoms with Crippen LogP contribution in [0.1, 0.15) is 17.4 Å². The number of nitrogens with zero attached hydrogens (tertiary/aromatic N) is 1. The molecule has 2 rings (SSSR count). The van der Waals surface area contributed by atoms with Gasteiger partial charge in [-0.3, -0.25) is 0 Å². The molecule has 3 heteroatoms. The van der Waals surface area contributed by atoms with E-state index in [9.17, 15) is 0 Å². The summed E-state index contributed by atoms with van der Waals surface area (Å²) in [7, 11) is 0. The van der Waals surface area contributed by atoms with Gasteiger partial charge in [0.15, 0.2) is 0 Å². The van der Waals surface area contributed by atoms with Crippen LogP contribution in [0.15, 0.2) is 11.4 Å². The number of thiophene rings is 1. The molecule has 0 aromatic carbocycles. The average Bonchev–Trinajstić information content (AvgIpc) is 2.46. The molecule has 1 aliphatic heterocycles. The van der Waals surface area contributed by atoms with Crippen LogP contribution >= 0.6 is 23.7 Å². The van der Waals surface area contributed by atoms with Gasteiger partial charge in [0, 0.05) is 18.0 Å². The molecule has 1 aliphatic rings. The Balaban J connectivity index is 0.000000845. The SMILES string of the molecule is CCN1CCc2ccsc2CC1.Cl. The van der Waals surface area contributed by atoms with Crippen LogP contribution in [0.2, 0.25) is 0 Å². The predicted molar refractivity (Wildman–Crippen MR) is 61.1 cm³/mol. The first-order chi connectivity index (χ1) is 5.90. The van der Waals surface area contributed by atoms with Crippen LogP contribution in [-0.2, 0) is 12.8 Å². The lowest BCUT2D eigenvalue weighted by Gasteiger charge is -2.16. The first kappa shape index (κ1) is 11.0. The molecule has 0 atom stereocenters. The maximum atomic E-state index is 2.53. The van der Waals surface area contributed by atoms with Crippen molar-refractivity contribution in [1.82, 2.24) is 4.90 Å². The third-order valence-electron chi connectivity index (χ3n) is 2.64. The fourth-order valence-corrected chi connectivity index (χ4v) is 2.70. The summed E-state index contributed by atoms with van der Waals surface area (Å²) >= 11 is 1.92. The van der Waals surface area contributed by atoms with Gasteiger partial charge >= 0.3 is 0 Å². The molecule has 74 valence electrons. The van der Waals surface area contributed by atoms with Crippen molar-refractivity contribution in [2.45, 2.75) is 19.8 Å². The van der Waals surface area contributed by atoms with Crippen LogP contribution in [0.25, 0.3) is 0 Å². The van der Waals surface area contributed by atoms with Crippen molar-refractivity contribution in [2.24, 2.45) is 0 Å². The second-order valence-electron chi connectivity index (χ2n) is 3.30. The second-order valence-corrected chi connectivity index (χ2v) is 4.30. The Bertz CT molecular complexity index is 237. The number of hydrogen-bond donors (Lipinski definition) is 0. The molecule has 1 aromatic rings. The zero-order chi connectivity index (χ0) is 8.39. The van der Waals surface area contributed by atoms with Crippen LogP contribution in [0.3, 0.4) is 0 Å². The van der Waals surface area contributed by atoms with Crippen LogP contribution in [0.4, 0.5) is 0 Å². The van der Waals surface area contributed by atoms with Crippen molar-refractivity contribution in [3.05, 3.63) is 21.9 Å². The second kappa shape index (κ2) is 4.99. The molecule has 0 spiro atoms. The molecule has 13 heavy (non-hydrogen) atoms. The van der Waals surface area contributed by atoms with Crippen LogP contribution in [0, 0.1) is 0 Å². The average molecular weight is 218 g/mol. The molecule has 0 saturated heterocycles. The van der Waals surface area contributed by atoms with E-state index in [1.807, 2.05) is 11.3 Å². The van der Waals surface area contributed by atoms with Gasteiger partial charge in [0.25, 0.3) is 0 Å². The molecule has 0 amide bonds. The Labute approximate surface area is 90.2 Å². The minimum Gasteiger partial charge on any atom is -0.303 e. The minimum atomic E-state index is 0. The summed E-state index contributed by atoms with van der Waals surface area (Å²) in [5, 5.41) is 2.23. The van der Waals surface area contributed by atoms with E-state index in [2.05, 4.69) is 23.3 Å². The van der Waals surface area contributed by atoms with Gasteiger partial charge < -0.3 is 4.90 Å². The summed E-state index contributed by atoms with van der Waals surface area (Å²) in [6.45, 7) is 5.96. The smallest absolute Gasteiger partial charge is 0.00904 e. The summed E-state index contributed by atoms with van der Waals surface area (Å²) in [5.74, 6) is 0. The zero-order valence-electron chi connectivity index (χ0n) is 7.95. The Hall–Kier alpha value is -0.0500. The van der Waals surface area contributed by atoms with Gasteiger partial charge in [-0.05, 0) is 36.4 Å². The molecular formula is C10H16ClNS. The standard InChI is InChI=1S/C10H15NS.ClH/c1-2-11-6-3-9-5-8-12-10(9)4-7-11;/h5,8H,2-4,6-7H2,1H3;1H. The van der Waals surface area contributed by atoms with Gasteiger partial charge in [-0.2, -0.15) is 0 Å². The molecule has 0 N–H and O–H groups in total. The fraction of sp³-hybridized carbons (Fsp3) is 0.600. The van der Waals surface area contributed by atoms with E-state index < -0.39 is 0 Å². The molecule has 0 aliphatic carbocycles. The summed E-state index contributed by atoms with van der Waals surface area (Å²) in [5.41, 5.74) is 1.59. The Morgan fingerprint density at radius 2 is 2.15 bits per heavy atom. The third-order valence-corrected chi connectivity index (χ3v) is 3.66. The van der Waals surface area contributed by atoms with E-state index in [0.717, 1.165) is 0 Å². The molecule has 0 radical (unpaired) electrons. The van der Waals surface area contributed by atoms with Crippen LogP contribution in [0.5, 0.6) is 0 Å². The van der Waals surface area contributed by atoms with Crippen molar-refractivity contribution in [1.29, 1.82) is 0 Å². The highest BCUT2D eigenvalue weighted by Gasteiger charge is 2.12. The van der Waals surface area contributed by atoms with E-state index in [0.29, 0.717) is 0 Å². The van der Waals surface area contributed by atoms with Crippen LogP contribution < -0.4 is 0 Å². The van der Waals surface area contributed by atoms with Crippen molar-refractivity contribution in [3.8, 4) is 0 Å². The molecule has 0 fully saturated rings. The highest BCUT2D eigenvalue weighted by atomic mass is 35.5. The van der Waals surface area contributed by atoms with E-state index in [1.165, 1.54) is 32.5 Å². The van der Waals surface area contributed by atoms with Gasteiger partial charge in [-0.1, -0.05) is 6.92 Å². The third kappa shape index (κ3) is 2.46. The highest BCUT2D eigenvalue weighted by molar-refractivity contribution is 7.10. The lowest BCUT2D eigenvalue weighted by Crippen LogP contribution is -2.25. The van der Waals surface area contributed by atoms with E-state index in [1.54, 1.807) is 10.4 Å². The minimum absolute atomic E-state index is 0. The first-order valence-electron chi connectivity index (χ1n) is 4.67. The van der Waals surface area contributed by atoms with Gasteiger partial charge in [0.1, 0.15) is 0 Å². The van der Waals surface area contributed by atoms with Crippen molar-refractivity contribution in [2.75, 3.05) is 19.6 Å². The molecular weight excluding hydrogens is 202 g/mol. The quantitative estimate of drug-likeness (QED) is 0.699. The summed E-state index contributed by atoms with van der Waals surface area (Å²) in [6, 6.07) is 2.29. The van der Waals surface area contributed by atoms with Crippen LogP contribution in [-0.4, -0.2) is 24.5 Å². The maximum absolute atomic E-state index is 2.53. The number of halogens is 1. The lowest BCUT2D eigenvalue weighted by molar-refractivity contribution is 0.303. The summed E-state index contributed by atoms with van der Waals surface area (Å²) in [6.07, 6.45) is 2.52. The van der Waals surface area contributed by atoms with E-state index in [4.69, 9.17) is 0 Å². The van der Waals surface area contributed by atoms with Gasteiger partial charge in [0.05, 0.1) is 0 Å². The summed E-state index contributed by atoms with van der Waals surface area (Å²) in [4.78, 5) is 4.15. The van der Waals surface area contributed by atoms with Crippen molar-refractivity contribution in [3.63, 3.8) is 0 Å². The lowest BCUT2D eigenvalue weighted by atomic mass is 10.2. The Kier molecular flexibility index (Phi) is 4.23. The molecule has 2 heterocycles. The Morgan fingerprint density at radius 1 is 1.38 bits per heavy atom. The highest BCUT2D eigenvalue weighted by Crippen LogP contribution is 2.21. The maximum Gasteiger partial charge on any atom is 0.00904 e. The normalized spacial score (nSPS) is 17.3. The van der Waals surface area contributed by atoms with E-state index in [-0.39, 0.29) is 12.4 Å². The molecule has 0 saturated carbocycles. The number of hydrogen-bond acceptors (Lipinski definition) is 2. The van der Waals surface area contributed by atoms with Gasteiger partial charge in [-0.25, -0.2) is 0 Å². The molecule has 1 aromatic heterocycles.